The van der Waals surface area contributed by atoms with E-state index in [2.05, 4.69) is 14.7 Å². The fourth-order valence-electron chi connectivity index (χ4n) is 1.44. The number of nitrogens with zero attached hydrogens (tertiary/aromatic N) is 2. The highest BCUT2D eigenvalue weighted by Crippen LogP contribution is 2.23. The minimum absolute atomic E-state index is 0.188. The van der Waals surface area contributed by atoms with Crippen molar-refractivity contribution in [1.29, 1.82) is 0 Å². The summed E-state index contributed by atoms with van der Waals surface area (Å²) in [4.78, 5) is 19.6. The van der Waals surface area contributed by atoms with Crippen LogP contribution in [0.25, 0.3) is 11.1 Å². The quantitative estimate of drug-likeness (QED) is 0.606. The van der Waals surface area contributed by atoms with Crippen LogP contribution in [0.1, 0.15) is 10.5 Å². The molecule has 0 fully saturated rings. The Morgan fingerprint density at radius 1 is 1.35 bits per heavy atom. The van der Waals surface area contributed by atoms with Gasteiger partial charge in [0.15, 0.2) is 5.69 Å². The largest absolute Gasteiger partial charge is 0.464 e. The fourth-order valence-corrected chi connectivity index (χ4v) is 1.59. The summed E-state index contributed by atoms with van der Waals surface area (Å²) in [5.74, 6) is -0.522. The van der Waals surface area contributed by atoms with Crippen LogP contribution in [0.2, 0.25) is 5.15 Å². The Kier molecular flexibility index (Phi) is 3.35. The first-order valence-corrected chi connectivity index (χ1v) is 5.25. The van der Waals surface area contributed by atoms with Gasteiger partial charge in [-0.3, -0.25) is 4.98 Å². The summed E-state index contributed by atoms with van der Waals surface area (Å²) in [7, 11) is 1.30. The molecular formula is C12H9ClN2O2. The van der Waals surface area contributed by atoms with Crippen molar-refractivity contribution in [2.24, 2.45) is 0 Å². The van der Waals surface area contributed by atoms with E-state index < -0.39 is 5.97 Å². The third-order valence-corrected chi connectivity index (χ3v) is 2.42. The van der Waals surface area contributed by atoms with Crippen LogP contribution < -0.4 is 0 Å². The average molecular weight is 249 g/mol. The summed E-state index contributed by atoms with van der Waals surface area (Å²) in [6.45, 7) is 0. The molecule has 0 saturated carbocycles. The molecule has 2 rings (SSSR count). The lowest BCUT2D eigenvalue weighted by atomic mass is 10.1. The molecule has 17 heavy (non-hydrogen) atoms. The molecule has 0 spiro atoms. The summed E-state index contributed by atoms with van der Waals surface area (Å²) in [6, 6.07) is 6.96. The second-order valence-electron chi connectivity index (χ2n) is 3.26. The van der Waals surface area contributed by atoms with E-state index >= 15 is 0 Å². The number of aromatic nitrogens is 2. The van der Waals surface area contributed by atoms with Gasteiger partial charge < -0.3 is 4.74 Å². The monoisotopic (exact) mass is 248 g/mol. The van der Waals surface area contributed by atoms with Crippen LogP contribution >= 0.6 is 11.6 Å². The Bertz CT molecular complexity index is 543. The Morgan fingerprint density at radius 2 is 2.18 bits per heavy atom. The van der Waals surface area contributed by atoms with Crippen molar-refractivity contribution in [3.8, 4) is 11.1 Å². The molecule has 2 heterocycles. The lowest BCUT2D eigenvalue weighted by Crippen LogP contribution is -2.06. The third-order valence-electron chi connectivity index (χ3n) is 2.21. The van der Waals surface area contributed by atoms with E-state index in [1.165, 1.54) is 7.11 Å². The van der Waals surface area contributed by atoms with Crippen LogP contribution in [0.5, 0.6) is 0 Å². The minimum Gasteiger partial charge on any atom is -0.464 e. The second kappa shape index (κ2) is 4.93. The lowest BCUT2D eigenvalue weighted by Gasteiger charge is -2.06. The molecule has 2 aromatic rings. The van der Waals surface area contributed by atoms with Crippen molar-refractivity contribution in [2.75, 3.05) is 7.11 Å². The molecule has 0 bridgehead atoms. The number of methoxy groups -OCH3 is 1. The molecule has 2 aromatic heterocycles. The SMILES string of the molecule is COC(=O)c1nc(Cl)ccc1-c1cccnc1. The molecule has 86 valence electrons. The molecule has 0 aliphatic carbocycles. The zero-order valence-electron chi connectivity index (χ0n) is 9.05. The second-order valence-corrected chi connectivity index (χ2v) is 3.65. The Balaban J connectivity index is 2.58. The van der Waals surface area contributed by atoms with Gasteiger partial charge in [-0.2, -0.15) is 0 Å². The zero-order chi connectivity index (χ0) is 12.3. The summed E-state index contributed by atoms with van der Waals surface area (Å²) >= 11 is 5.77. The smallest absolute Gasteiger partial charge is 0.357 e. The van der Waals surface area contributed by atoms with E-state index in [0.29, 0.717) is 5.56 Å². The molecule has 0 saturated heterocycles. The van der Waals surface area contributed by atoms with Crippen LogP contribution in [0.3, 0.4) is 0 Å². The maximum absolute atomic E-state index is 11.6. The average Bonchev–Trinajstić information content (AvgIpc) is 2.38. The van der Waals surface area contributed by atoms with Gasteiger partial charge in [-0.25, -0.2) is 9.78 Å². The molecule has 0 radical (unpaired) electrons. The van der Waals surface area contributed by atoms with Crippen LogP contribution in [-0.4, -0.2) is 23.0 Å². The highest BCUT2D eigenvalue weighted by molar-refractivity contribution is 6.29. The van der Waals surface area contributed by atoms with Crippen molar-refractivity contribution in [3.05, 3.63) is 47.5 Å². The number of hydrogen-bond donors (Lipinski definition) is 0. The fraction of sp³-hybridized carbons (Fsp3) is 0.0833. The zero-order valence-corrected chi connectivity index (χ0v) is 9.81. The molecule has 0 unspecified atom stereocenters. The van der Waals surface area contributed by atoms with E-state index in [9.17, 15) is 4.79 Å². The van der Waals surface area contributed by atoms with Crippen LogP contribution in [0.15, 0.2) is 36.7 Å². The van der Waals surface area contributed by atoms with E-state index in [4.69, 9.17) is 11.6 Å². The number of pyridine rings is 2. The molecule has 0 aliphatic heterocycles. The standard InChI is InChI=1S/C12H9ClN2O2/c1-17-12(16)11-9(4-5-10(13)15-11)8-3-2-6-14-7-8/h2-7H,1H3. The van der Waals surface area contributed by atoms with E-state index in [1.807, 2.05) is 6.07 Å². The Labute approximate surface area is 103 Å². The minimum atomic E-state index is -0.522. The van der Waals surface area contributed by atoms with E-state index in [1.54, 1.807) is 30.6 Å². The normalized spacial score (nSPS) is 10.0. The number of halogens is 1. The number of ether oxygens (including phenoxy) is 1. The number of hydrogen-bond acceptors (Lipinski definition) is 4. The third kappa shape index (κ3) is 2.42. The van der Waals surface area contributed by atoms with Gasteiger partial charge in [0.25, 0.3) is 0 Å². The summed E-state index contributed by atoms with van der Waals surface area (Å²) in [5.41, 5.74) is 1.62. The van der Waals surface area contributed by atoms with Gasteiger partial charge in [0.05, 0.1) is 7.11 Å². The van der Waals surface area contributed by atoms with E-state index in [-0.39, 0.29) is 10.8 Å². The first-order valence-electron chi connectivity index (χ1n) is 4.87. The molecule has 0 N–H and O–H groups in total. The van der Waals surface area contributed by atoms with Crippen LogP contribution in [-0.2, 0) is 4.74 Å². The molecule has 0 aromatic carbocycles. The predicted octanol–water partition coefficient (Wildman–Crippen LogP) is 2.58. The van der Waals surface area contributed by atoms with Gasteiger partial charge in [0.2, 0.25) is 0 Å². The molecule has 0 aliphatic rings. The topological polar surface area (TPSA) is 52.1 Å². The lowest BCUT2D eigenvalue weighted by molar-refractivity contribution is 0.0595. The van der Waals surface area contributed by atoms with Gasteiger partial charge in [-0.15, -0.1) is 0 Å². The molecule has 5 heteroatoms. The summed E-state index contributed by atoms with van der Waals surface area (Å²) in [6.07, 6.45) is 3.31. The van der Waals surface area contributed by atoms with Crippen molar-refractivity contribution >= 4 is 17.6 Å². The number of carbonyl (C=O) groups is 1. The molecular weight excluding hydrogens is 240 g/mol. The maximum atomic E-state index is 11.6. The van der Waals surface area contributed by atoms with Crippen molar-refractivity contribution in [2.45, 2.75) is 0 Å². The summed E-state index contributed by atoms with van der Waals surface area (Å²) < 4.78 is 4.67. The molecule has 0 amide bonds. The maximum Gasteiger partial charge on any atom is 0.357 e. The van der Waals surface area contributed by atoms with Crippen molar-refractivity contribution in [3.63, 3.8) is 0 Å². The van der Waals surface area contributed by atoms with Crippen molar-refractivity contribution in [1.82, 2.24) is 9.97 Å². The van der Waals surface area contributed by atoms with Gasteiger partial charge in [0, 0.05) is 23.5 Å². The highest BCUT2D eigenvalue weighted by Gasteiger charge is 2.15. The first-order chi connectivity index (χ1) is 8.22. The van der Waals surface area contributed by atoms with Gasteiger partial charge in [-0.05, 0) is 18.2 Å². The molecule has 4 nitrogen and oxygen atoms in total. The Morgan fingerprint density at radius 3 is 2.82 bits per heavy atom. The molecule has 0 atom stereocenters. The Hall–Kier alpha value is -1.94. The van der Waals surface area contributed by atoms with E-state index in [0.717, 1.165) is 5.56 Å². The van der Waals surface area contributed by atoms with Crippen LogP contribution in [0, 0.1) is 0 Å². The number of rotatable bonds is 2. The van der Waals surface area contributed by atoms with Crippen molar-refractivity contribution < 1.29 is 9.53 Å². The van der Waals surface area contributed by atoms with Crippen LogP contribution in [0.4, 0.5) is 0 Å². The first kappa shape index (κ1) is 11.5. The van der Waals surface area contributed by atoms with Gasteiger partial charge >= 0.3 is 5.97 Å². The van der Waals surface area contributed by atoms with Gasteiger partial charge in [0.1, 0.15) is 5.15 Å². The number of carbonyl (C=O) groups excluding carboxylic acids is 1. The predicted molar refractivity (Wildman–Crippen MR) is 63.8 cm³/mol. The number of esters is 1. The highest BCUT2D eigenvalue weighted by atomic mass is 35.5. The summed E-state index contributed by atoms with van der Waals surface area (Å²) in [5, 5.41) is 0.248. The van der Waals surface area contributed by atoms with Gasteiger partial charge in [-0.1, -0.05) is 17.7 Å².